The van der Waals surface area contributed by atoms with E-state index in [1.807, 2.05) is 0 Å². The normalized spacial score (nSPS) is 14.2. The average Bonchev–Trinajstić information content (AvgIpc) is 3.64. The zero-order chi connectivity index (χ0) is 27.6. The summed E-state index contributed by atoms with van der Waals surface area (Å²) in [6.07, 6.45) is 3.05. The molecule has 1 amide bonds. The van der Waals surface area contributed by atoms with Crippen LogP contribution in [0, 0.1) is 10.1 Å². The zero-order valence-electron chi connectivity index (χ0n) is 20.8. The number of carbonyl (C=O) groups excluding carboxylic acids is 1. The molecule has 1 aliphatic rings. The van der Waals surface area contributed by atoms with Gasteiger partial charge in [-0.2, -0.15) is 14.4 Å². The van der Waals surface area contributed by atoms with Gasteiger partial charge in [-0.25, -0.2) is 13.4 Å². The lowest BCUT2D eigenvalue weighted by molar-refractivity contribution is -0.384. The summed E-state index contributed by atoms with van der Waals surface area (Å²) in [6.45, 7) is 0.965. The second-order valence-corrected chi connectivity index (χ2v) is 11.6. The van der Waals surface area contributed by atoms with Gasteiger partial charge >= 0.3 is 0 Å². The van der Waals surface area contributed by atoms with Crippen molar-refractivity contribution in [2.75, 3.05) is 25.2 Å². The van der Waals surface area contributed by atoms with Crippen LogP contribution in [0.2, 0.25) is 0 Å². The Kier molecular flexibility index (Phi) is 7.37. The third-order valence-electron chi connectivity index (χ3n) is 6.19. The van der Waals surface area contributed by atoms with Crippen molar-refractivity contribution in [3.63, 3.8) is 0 Å². The predicted molar refractivity (Wildman–Crippen MR) is 148 cm³/mol. The number of nitro benzene ring substituents is 1. The number of rotatable bonds is 8. The molecule has 0 atom stereocenters. The number of methoxy groups -OCH3 is 1. The van der Waals surface area contributed by atoms with E-state index >= 15 is 0 Å². The Balaban J connectivity index is 1.49. The van der Waals surface area contributed by atoms with Gasteiger partial charge in [0.05, 0.1) is 33.4 Å². The van der Waals surface area contributed by atoms with E-state index in [1.54, 1.807) is 25.3 Å². The molecule has 1 aromatic heterocycles. The van der Waals surface area contributed by atoms with E-state index in [4.69, 9.17) is 4.74 Å². The molecule has 0 spiro atoms. The van der Waals surface area contributed by atoms with Crippen LogP contribution in [-0.2, 0) is 10.0 Å². The van der Waals surface area contributed by atoms with Gasteiger partial charge in [0.2, 0.25) is 15.2 Å². The van der Waals surface area contributed by atoms with E-state index in [0.29, 0.717) is 29.9 Å². The number of ether oxygens (including phenoxy) is 1. The van der Waals surface area contributed by atoms with Gasteiger partial charge in [-0.3, -0.25) is 14.9 Å². The van der Waals surface area contributed by atoms with E-state index in [1.165, 1.54) is 70.4 Å². The summed E-state index contributed by atoms with van der Waals surface area (Å²) in [6, 6.07) is 16.8. The van der Waals surface area contributed by atoms with Gasteiger partial charge in [-0.1, -0.05) is 11.3 Å². The van der Waals surface area contributed by atoms with Crippen LogP contribution in [0.5, 0.6) is 5.75 Å². The summed E-state index contributed by atoms with van der Waals surface area (Å²) in [5, 5.41) is 16.7. The minimum absolute atomic E-state index is 0.0656. The number of hydrazone groups is 1. The lowest BCUT2D eigenvalue weighted by atomic mass is 10.2. The number of aromatic nitrogens is 1. The van der Waals surface area contributed by atoms with Gasteiger partial charge in [0.25, 0.3) is 11.6 Å². The first-order chi connectivity index (χ1) is 18.8. The fourth-order valence-corrected chi connectivity index (χ4v) is 6.54. The number of anilines is 1. The van der Waals surface area contributed by atoms with Crippen LogP contribution in [0.4, 0.5) is 10.8 Å². The van der Waals surface area contributed by atoms with Crippen LogP contribution in [0.3, 0.4) is 0 Å². The van der Waals surface area contributed by atoms with Crippen molar-refractivity contribution in [3.8, 4) is 5.75 Å². The second kappa shape index (κ2) is 10.9. The van der Waals surface area contributed by atoms with Crippen molar-refractivity contribution < 1.29 is 22.9 Å². The molecule has 11 nitrogen and oxygen atoms in total. The highest BCUT2D eigenvalue weighted by molar-refractivity contribution is 7.89. The van der Waals surface area contributed by atoms with Crippen LogP contribution in [0.25, 0.3) is 10.2 Å². The molecule has 39 heavy (non-hydrogen) atoms. The smallest absolute Gasteiger partial charge is 0.280 e. The third-order valence-corrected chi connectivity index (χ3v) is 9.09. The first-order valence-electron chi connectivity index (χ1n) is 11.9. The molecule has 0 N–H and O–H groups in total. The SMILES string of the molecule is COc1ccc2nc(N(/N=C/c3ccc([N+](=O)[O-])cc3)C(=O)c3ccc(S(=O)(=O)N4CCCC4)cc3)sc2c1. The lowest BCUT2D eigenvalue weighted by Crippen LogP contribution is -2.28. The fourth-order valence-electron chi connectivity index (χ4n) is 4.07. The minimum atomic E-state index is -3.62. The van der Waals surface area contributed by atoms with Crippen LogP contribution in [0.1, 0.15) is 28.8 Å². The topological polar surface area (TPSA) is 135 Å². The monoisotopic (exact) mass is 565 g/mol. The number of fused-ring (bicyclic) bond motifs is 1. The first-order valence-corrected chi connectivity index (χ1v) is 14.2. The van der Waals surface area contributed by atoms with Gasteiger partial charge in [0.1, 0.15) is 5.75 Å². The molecule has 2 heterocycles. The van der Waals surface area contributed by atoms with Gasteiger partial charge < -0.3 is 4.74 Å². The largest absolute Gasteiger partial charge is 0.497 e. The molecular weight excluding hydrogens is 542 g/mol. The Labute approximate surface area is 228 Å². The van der Waals surface area contributed by atoms with Crippen LogP contribution in [0.15, 0.2) is 76.7 Å². The summed E-state index contributed by atoms with van der Waals surface area (Å²) in [5.41, 5.74) is 1.33. The van der Waals surface area contributed by atoms with Crippen LogP contribution >= 0.6 is 11.3 Å². The molecule has 1 saturated heterocycles. The van der Waals surface area contributed by atoms with Crippen molar-refractivity contribution >= 4 is 54.5 Å². The Hall–Kier alpha value is -4.20. The number of amides is 1. The minimum Gasteiger partial charge on any atom is -0.497 e. The van der Waals surface area contributed by atoms with Gasteiger partial charge in [-0.05, 0) is 73.0 Å². The van der Waals surface area contributed by atoms with Crippen LogP contribution in [-0.4, -0.2) is 55.0 Å². The molecule has 1 aliphatic heterocycles. The van der Waals surface area contributed by atoms with Crippen molar-refractivity contribution in [1.82, 2.24) is 9.29 Å². The first kappa shape index (κ1) is 26.4. The van der Waals surface area contributed by atoms with Crippen molar-refractivity contribution in [3.05, 3.63) is 88.0 Å². The number of thiazole rings is 1. The predicted octanol–water partition coefficient (Wildman–Crippen LogP) is 4.68. The zero-order valence-corrected chi connectivity index (χ0v) is 22.4. The summed E-state index contributed by atoms with van der Waals surface area (Å²) in [7, 11) is -2.07. The Morgan fingerprint density at radius 3 is 2.44 bits per heavy atom. The molecule has 0 bridgehead atoms. The molecule has 1 fully saturated rings. The van der Waals surface area contributed by atoms with Gasteiger partial charge in [0.15, 0.2) is 0 Å². The lowest BCUT2D eigenvalue weighted by Gasteiger charge is -2.16. The molecule has 3 aromatic carbocycles. The molecule has 0 saturated carbocycles. The number of sulfonamides is 1. The van der Waals surface area contributed by atoms with E-state index in [-0.39, 0.29) is 21.3 Å². The van der Waals surface area contributed by atoms with E-state index < -0.39 is 20.9 Å². The highest BCUT2D eigenvalue weighted by Crippen LogP contribution is 2.32. The molecule has 13 heteroatoms. The summed E-state index contributed by atoms with van der Waals surface area (Å²) in [4.78, 5) is 28.8. The molecule has 4 aromatic rings. The molecule has 5 rings (SSSR count). The summed E-state index contributed by atoms with van der Waals surface area (Å²) < 4.78 is 33.3. The standard InChI is InChI=1S/C26H23N5O6S2/c1-37-21-10-13-23-24(16-21)38-26(28-23)30(27-17-18-4-8-20(9-5-18)31(33)34)25(32)19-6-11-22(12-7-19)39(35,36)29-14-2-3-15-29/h4-13,16-17H,2-3,14-15H2,1H3/b27-17+. The van der Waals surface area contributed by atoms with Crippen molar-refractivity contribution in [1.29, 1.82) is 0 Å². The molecule has 0 unspecified atom stereocenters. The molecule has 0 radical (unpaired) electrons. The van der Waals surface area contributed by atoms with Crippen molar-refractivity contribution in [2.24, 2.45) is 5.10 Å². The Bertz CT molecular complexity index is 1660. The fraction of sp³-hybridized carbons (Fsp3) is 0.192. The average molecular weight is 566 g/mol. The Morgan fingerprint density at radius 2 is 1.79 bits per heavy atom. The number of nitro groups is 1. The molecule has 200 valence electrons. The maximum absolute atomic E-state index is 13.6. The van der Waals surface area contributed by atoms with E-state index in [2.05, 4.69) is 10.1 Å². The van der Waals surface area contributed by atoms with Gasteiger partial charge in [0, 0.05) is 30.8 Å². The van der Waals surface area contributed by atoms with Crippen molar-refractivity contribution in [2.45, 2.75) is 17.7 Å². The highest BCUT2D eigenvalue weighted by atomic mass is 32.2. The van der Waals surface area contributed by atoms with E-state index in [0.717, 1.165) is 22.6 Å². The maximum Gasteiger partial charge on any atom is 0.280 e. The Morgan fingerprint density at radius 1 is 1.10 bits per heavy atom. The summed E-state index contributed by atoms with van der Waals surface area (Å²) in [5.74, 6) is 0.115. The quantitative estimate of drug-likeness (QED) is 0.172. The number of hydrogen-bond donors (Lipinski definition) is 0. The maximum atomic E-state index is 13.6. The van der Waals surface area contributed by atoms with E-state index in [9.17, 15) is 23.3 Å². The second-order valence-electron chi connectivity index (χ2n) is 8.68. The number of carbonyl (C=O) groups is 1. The summed E-state index contributed by atoms with van der Waals surface area (Å²) >= 11 is 1.23. The number of benzene rings is 3. The number of nitrogens with zero attached hydrogens (tertiary/aromatic N) is 5. The molecule has 0 aliphatic carbocycles. The van der Waals surface area contributed by atoms with Crippen LogP contribution < -0.4 is 9.75 Å². The number of non-ortho nitro benzene ring substituents is 1. The highest BCUT2D eigenvalue weighted by Gasteiger charge is 2.28. The molecular formula is C26H23N5O6S2. The number of hydrogen-bond acceptors (Lipinski definition) is 9. The van der Waals surface area contributed by atoms with Gasteiger partial charge in [-0.15, -0.1) is 0 Å². The third kappa shape index (κ3) is 5.50.